The van der Waals surface area contributed by atoms with Gasteiger partial charge in [0.25, 0.3) is 0 Å². The van der Waals surface area contributed by atoms with Crippen LogP contribution in [0.3, 0.4) is 0 Å². The molecule has 1 fully saturated rings. The largest absolute Gasteiger partial charge is 0.313 e. The Labute approximate surface area is 92.0 Å². The molecule has 0 aliphatic heterocycles. The standard InChI is InChI=1S/C13H20N2/c1-2-4-6-13(7-5-3-1)8-10-15-11-9-14-12-15/h8-13H,1-7H2. The van der Waals surface area contributed by atoms with Crippen LogP contribution in [0.5, 0.6) is 0 Å². The Balaban J connectivity index is 1.86. The summed E-state index contributed by atoms with van der Waals surface area (Å²) in [7, 11) is 0. The summed E-state index contributed by atoms with van der Waals surface area (Å²) in [6, 6.07) is 0. The third kappa shape index (κ3) is 3.54. The molecule has 2 nitrogen and oxygen atoms in total. The zero-order valence-corrected chi connectivity index (χ0v) is 9.31. The van der Waals surface area contributed by atoms with E-state index in [9.17, 15) is 0 Å². The van der Waals surface area contributed by atoms with Gasteiger partial charge in [-0.3, -0.25) is 0 Å². The molecule has 1 aliphatic rings. The third-order valence-corrected chi connectivity index (χ3v) is 3.21. The second-order valence-electron chi connectivity index (χ2n) is 4.46. The van der Waals surface area contributed by atoms with E-state index < -0.39 is 0 Å². The average molecular weight is 204 g/mol. The van der Waals surface area contributed by atoms with Gasteiger partial charge in [0.1, 0.15) is 0 Å². The molecule has 0 saturated heterocycles. The van der Waals surface area contributed by atoms with E-state index in [0.29, 0.717) is 0 Å². The molecule has 1 aliphatic carbocycles. The van der Waals surface area contributed by atoms with Crippen molar-refractivity contribution in [1.82, 2.24) is 9.55 Å². The predicted octanol–water partition coefficient (Wildman–Crippen LogP) is 3.71. The van der Waals surface area contributed by atoms with Crippen molar-refractivity contribution in [2.24, 2.45) is 5.92 Å². The summed E-state index contributed by atoms with van der Waals surface area (Å²) in [6.45, 7) is 0. The molecule has 0 unspecified atom stereocenters. The first-order chi connectivity index (χ1) is 7.45. The average Bonchev–Trinajstić information content (AvgIpc) is 2.68. The molecular weight excluding hydrogens is 184 g/mol. The van der Waals surface area contributed by atoms with Gasteiger partial charge in [0.15, 0.2) is 0 Å². The number of aromatic nitrogens is 2. The minimum Gasteiger partial charge on any atom is -0.313 e. The van der Waals surface area contributed by atoms with Crippen molar-refractivity contribution >= 4 is 6.20 Å². The number of hydrogen-bond acceptors (Lipinski definition) is 1. The molecule has 2 heteroatoms. The lowest BCUT2D eigenvalue weighted by Crippen LogP contribution is -2.00. The molecule has 0 spiro atoms. The predicted molar refractivity (Wildman–Crippen MR) is 63.4 cm³/mol. The van der Waals surface area contributed by atoms with Crippen molar-refractivity contribution in [3.8, 4) is 0 Å². The molecule has 0 aromatic carbocycles. The maximum absolute atomic E-state index is 4.03. The van der Waals surface area contributed by atoms with Crippen LogP contribution in [-0.4, -0.2) is 9.55 Å². The third-order valence-electron chi connectivity index (χ3n) is 3.21. The molecule has 1 aromatic heterocycles. The SMILES string of the molecule is C(=Cn1ccnc1)C1CCCCCCC1. The first-order valence-electron chi connectivity index (χ1n) is 6.11. The van der Waals surface area contributed by atoms with Crippen LogP contribution < -0.4 is 0 Å². The highest BCUT2D eigenvalue weighted by Gasteiger charge is 2.07. The normalized spacial score (nSPS) is 20.3. The molecule has 0 bridgehead atoms. The molecule has 2 rings (SSSR count). The van der Waals surface area contributed by atoms with Gasteiger partial charge in [-0.15, -0.1) is 0 Å². The first kappa shape index (κ1) is 10.5. The van der Waals surface area contributed by atoms with E-state index in [0.717, 1.165) is 5.92 Å². The van der Waals surface area contributed by atoms with Crippen molar-refractivity contribution in [3.63, 3.8) is 0 Å². The smallest absolute Gasteiger partial charge is 0.0986 e. The topological polar surface area (TPSA) is 17.8 Å². The molecule has 82 valence electrons. The number of hydrogen-bond donors (Lipinski definition) is 0. The lowest BCUT2D eigenvalue weighted by atomic mass is 9.91. The van der Waals surface area contributed by atoms with E-state index in [4.69, 9.17) is 0 Å². The summed E-state index contributed by atoms with van der Waals surface area (Å²) in [4.78, 5) is 4.03. The molecule has 15 heavy (non-hydrogen) atoms. The molecule has 0 atom stereocenters. The zero-order valence-electron chi connectivity index (χ0n) is 9.31. The van der Waals surface area contributed by atoms with Crippen LogP contribution in [0.25, 0.3) is 6.20 Å². The molecule has 1 heterocycles. The van der Waals surface area contributed by atoms with Crippen LogP contribution in [-0.2, 0) is 0 Å². The summed E-state index contributed by atoms with van der Waals surface area (Å²) in [5.74, 6) is 0.785. The second kappa shape index (κ2) is 5.74. The fourth-order valence-electron chi connectivity index (χ4n) is 2.26. The number of nitrogens with zero attached hydrogens (tertiary/aromatic N) is 2. The van der Waals surface area contributed by atoms with Crippen molar-refractivity contribution in [1.29, 1.82) is 0 Å². The second-order valence-corrected chi connectivity index (χ2v) is 4.46. The Hall–Kier alpha value is -1.05. The summed E-state index contributed by atoms with van der Waals surface area (Å²) in [5, 5.41) is 0. The summed E-state index contributed by atoms with van der Waals surface area (Å²) >= 11 is 0. The lowest BCUT2D eigenvalue weighted by Gasteiger charge is -2.15. The molecular formula is C13H20N2. The highest BCUT2D eigenvalue weighted by atomic mass is 15.0. The molecule has 1 aromatic rings. The Morgan fingerprint density at radius 3 is 2.47 bits per heavy atom. The summed E-state index contributed by atoms with van der Waals surface area (Å²) in [6.07, 6.45) is 20.0. The Morgan fingerprint density at radius 1 is 1.07 bits per heavy atom. The van der Waals surface area contributed by atoms with E-state index in [2.05, 4.69) is 17.3 Å². The van der Waals surface area contributed by atoms with Crippen LogP contribution >= 0.6 is 0 Å². The maximum atomic E-state index is 4.03. The maximum Gasteiger partial charge on any atom is 0.0986 e. The summed E-state index contributed by atoms with van der Waals surface area (Å²) in [5.41, 5.74) is 0. The minimum absolute atomic E-state index is 0.785. The van der Waals surface area contributed by atoms with Crippen LogP contribution in [0.4, 0.5) is 0 Å². The highest BCUT2D eigenvalue weighted by molar-refractivity contribution is 5.22. The Bertz CT molecular complexity index is 279. The van der Waals surface area contributed by atoms with Gasteiger partial charge >= 0.3 is 0 Å². The van der Waals surface area contributed by atoms with E-state index in [-0.39, 0.29) is 0 Å². The molecule has 0 amide bonds. The van der Waals surface area contributed by atoms with Crippen molar-refractivity contribution in [2.75, 3.05) is 0 Å². The van der Waals surface area contributed by atoms with E-state index in [1.165, 1.54) is 44.9 Å². The van der Waals surface area contributed by atoms with Gasteiger partial charge in [0.05, 0.1) is 6.33 Å². The number of allylic oxidation sites excluding steroid dienone is 1. The van der Waals surface area contributed by atoms with Gasteiger partial charge in [-0.2, -0.15) is 0 Å². The quantitative estimate of drug-likeness (QED) is 0.718. The molecule has 0 N–H and O–H groups in total. The zero-order chi connectivity index (χ0) is 10.3. The van der Waals surface area contributed by atoms with Crippen molar-refractivity contribution in [2.45, 2.75) is 44.9 Å². The Morgan fingerprint density at radius 2 is 1.80 bits per heavy atom. The van der Waals surface area contributed by atoms with Crippen LogP contribution in [0, 0.1) is 5.92 Å². The van der Waals surface area contributed by atoms with Gasteiger partial charge in [-0.05, 0) is 18.8 Å². The Kier molecular flexibility index (Phi) is 4.01. The fourth-order valence-corrected chi connectivity index (χ4v) is 2.26. The van der Waals surface area contributed by atoms with E-state index in [1.807, 2.05) is 23.3 Å². The molecule has 1 saturated carbocycles. The van der Waals surface area contributed by atoms with Crippen LogP contribution in [0.2, 0.25) is 0 Å². The number of imidazole rings is 1. The van der Waals surface area contributed by atoms with Crippen molar-refractivity contribution < 1.29 is 0 Å². The van der Waals surface area contributed by atoms with E-state index in [1.54, 1.807) is 0 Å². The van der Waals surface area contributed by atoms with Crippen molar-refractivity contribution in [3.05, 3.63) is 24.8 Å². The van der Waals surface area contributed by atoms with Gasteiger partial charge < -0.3 is 4.57 Å². The fraction of sp³-hybridized carbons (Fsp3) is 0.615. The molecule has 0 radical (unpaired) electrons. The van der Waals surface area contributed by atoms with E-state index >= 15 is 0 Å². The summed E-state index contributed by atoms with van der Waals surface area (Å²) < 4.78 is 2.03. The van der Waals surface area contributed by atoms with Gasteiger partial charge in [0.2, 0.25) is 0 Å². The highest BCUT2D eigenvalue weighted by Crippen LogP contribution is 2.23. The monoisotopic (exact) mass is 204 g/mol. The van der Waals surface area contributed by atoms with Gasteiger partial charge in [-0.25, -0.2) is 4.98 Å². The van der Waals surface area contributed by atoms with Gasteiger partial charge in [0, 0.05) is 18.6 Å². The minimum atomic E-state index is 0.785. The van der Waals surface area contributed by atoms with Gasteiger partial charge in [-0.1, -0.05) is 38.2 Å². The number of rotatable bonds is 2. The lowest BCUT2D eigenvalue weighted by molar-refractivity contribution is 0.435. The van der Waals surface area contributed by atoms with Crippen LogP contribution in [0.1, 0.15) is 44.9 Å². The van der Waals surface area contributed by atoms with Crippen LogP contribution in [0.15, 0.2) is 24.8 Å². The first-order valence-corrected chi connectivity index (χ1v) is 6.11.